The molecule has 0 N–H and O–H groups in total. The molecule has 0 aromatic carbocycles. The first-order valence-electron chi connectivity index (χ1n) is 21.7. The molecule has 63 heavy (non-hydrogen) atoms. The van der Waals surface area contributed by atoms with Gasteiger partial charge in [0.25, 0.3) is 0 Å². The predicted molar refractivity (Wildman–Crippen MR) is 218 cm³/mol. The highest BCUT2D eigenvalue weighted by molar-refractivity contribution is 5.75. The van der Waals surface area contributed by atoms with E-state index in [1.165, 1.54) is 41.5 Å². The van der Waals surface area contributed by atoms with Gasteiger partial charge in [-0.1, -0.05) is 111 Å². The van der Waals surface area contributed by atoms with Crippen LogP contribution < -0.4 is 0 Å². The van der Waals surface area contributed by atoms with Crippen molar-refractivity contribution in [2.24, 2.45) is 47.3 Å². The van der Waals surface area contributed by atoms with Crippen LogP contribution in [0, 0.1) is 47.3 Å². The van der Waals surface area contributed by atoms with Crippen LogP contribution in [-0.4, -0.2) is 122 Å². The van der Waals surface area contributed by atoms with Crippen LogP contribution in [0.5, 0.6) is 0 Å². The minimum absolute atomic E-state index is 0.599. The van der Waals surface area contributed by atoms with Crippen LogP contribution in [0.1, 0.15) is 111 Å². The van der Waals surface area contributed by atoms with E-state index >= 15 is 0 Å². The number of carbonyl (C=O) groups is 8. The third kappa shape index (κ3) is 16.0. The molecule has 0 spiro atoms. The van der Waals surface area contributed by atoms with Gasteiger partial charge in [-0.2, -0.15) is 0 Å². The summed E-state index contributed by atoms with van der Waals surface area (Å²) in [6, 6.07) is 0. The molecule has 0 aromatic heterocycles. The molecule has 2 heterocycles. The van der Waals surface area contributed by atoms with E-state index in [0.717, 1.165) is 0 Å². The van der Waals surface area contributed by atoms with Gasteiger partial charge < -0.3 is 52.1 Å². The highest BCUT2D eigenvalue weighted by Gasteiger charge is 2.59. The van der Waals surface area contributed by atoms with Crippen molar-refractivity contribution in [2.75, 3.05) is 13.2 Å². The average molecular weight is 903 g/mol. The summed E-state index contributed by atoms with van der Waals surface area (Å²) < 4.78 is 65.9. The van der Waals surface area contributed by atoms with Gasteiger partial charge in [0.15, 0.2) is 30.7 Å². The van der Waals surface area contributed by atoms with Gasteiger partial charge in [-0.15, -0.1) is 0 Å². The van der Waals surface area contributed by atoms with Crippen molar-refractivity contribution in [3.05, 3.63) is 0 Å². The SMILES string of the molecule is CC(C)C(=O)OCC1OC(OC2C(COC(=O)C(C)C)OC(OC(=O)C(C)C)C(OC(=O)C(C)C)C2OC(=O)C(C)C)C(OC(=O)C(C)C)C(OC(=O)C(C)C)C1OC(=O)C(C)C. The monoisotopic (exact) mass is 902 g/mol. The van der Waals surface area contributed by atoms with Gasteiger partial charge in [0.05, 0.1) is 47.3 Å². The lowest BCUT2D eigenvalue weighted by Crippen LogP contribution is -2.68. The Morgan fingerprint density at radius 3 is 0.921 bits per heavy atom. The molecule has 0 amide bonds. The van der Waals surface area contributed by atoms with E-state index in [4.69, 9.17) is 52.1 Å². The molecule has 360 valence electrons. The lowest BCUT2D eigenvalue weighted by atomic mass is 9.95. The Labute approximate surface area is 370 Å². The minimum atomic E-state index is -1.89. The fourth-order valence-electron chi connectivity index (χ4n) is 5.47. The maximum atomic E-state index is 13.6. The molecule has 19 heteroatoms. The van der Waals surface area contributed by atoms with E-state index in [1.807, 2.05) is 0 Å². The normalized spacial score (nSPS) is 26.2. The van der Waals surface area contributed by atoms with Crippen molar-refractivity contribution >= 4 is 47.8 Å². The van der Waals surface area contributed by atoms with Crippen LogP contribution in [0.3, 0.4) is 0 Å². The molecular weight excluding hydrogens is 832 g/mol. The summed E-state index contributed by atoms with van der Waals surface area (Å²) in [5, 5.41) is 0. The van der Waals surface area contributed by atoms with E-state index < -0.39 is 170 Å². The second-order valence-electron chi connectivity index (χ2n) is 18.1. The van der Waals surface area contributed by atoms with E-state index in [0.29, 0.717) is 0 Å². The van der Waals surface area contributed by atoms with Crippen LogP contribution in [0.15, 0.2) is 0 Å². The number of hydrogen-bond donors (Lipinski definition) is 0. The summed E-state index contributed by atoms with van der Waals surface area (Å²) in [5.74, 6) is -12.0. The largest absolute Gasteiger partial charge is 0.463 e. The number of rotatable bonds is 20. The molecule has 2 rings (SSSR count). The van der Waals surface area contributed by atoms with Crippen molar-refractivity contribution < 1.29 is 90.5 Å². The quantitative estimate of drug-likeness (QED) is 0.123. The van der Waals surface area contributed by atoms with Crippen LogP contribution in [0.4, 0.5) is 0 Å². The van der Waals surface area contributed by atoms with E-state index in [2.05, 4.69) is 0 Å². The molecule has 2 saturated heterocycles. The van der Waals surface area contributed by atoms with Crippen molar-refractivity contribution in [1.82, 2.24) is 0 Å². The van der Waals surface area contributed by atoms with Crippen molar-refractivity contribution in [3.8, 4) is 0 Å². The van der Waals surface area contributed by atoms with E-state index in [-0.39, 0.29) is 0 Å². The summed E-state index contributed by atoms with van der Waals surface area (Å²) in [5.41, 5.74) is 0. The zero-order valence-electron chi connectivity index (χ0n) is 39.6. The van der Waals surface area contributed by atoms with Crippen LogP contribution in [0.25, 0.3) is 0 Å². The van der Waals surface area contributed by atoms with E-state index in [1.54, 1.807) is 69.2 Å². The first-order chi connectivity index (χ1) is 29.2. The summed E-state index contributed by atoms with van der Waals surface area (Å²) in [4.78, 5) is 106. The van der Waals surface area contributed by atoms with E-state index in [9.17, 15) is 38.4 Å². The molecule has 0 saturated carbocycles. The van der Waals surface area contributed by atoms with Crippen LogP contribution in [0.2, 0.25) is 0 Å². The third-order valence-corrected chi connectivity index (χ3v) is 9.52. The zero-order valence-corrected chi connectivity index (χ0v) is 39.6. The lowest BCUT2D eigenvalue weighted by molar-refractivity contribution is -0.359. The highest BCUT2D eigenvalue weighted by atomic mass is 16.8. The van der Waals surface area contributed by atoms with Crippen molar-refractivity contribution in [2.45, 2.75) is 172 Å². The summed E-state index contributed by atoms with van der Waals surface area (Å²) >= 11 is 0. The molecule has 0 aromatic rings. The summed E-state index contributed by atoms with van der Waals surface area (Å²) in [7, 11) is 0. The summed E-state index contributed by atoms with van der Waals surface area (Å²) in [6.45, 7) is 23.6. The number of esters is 8. The maximum Gasteiger partial charge on any atom is 0.310 e. The topological polar surface area (TPSA) is 238 Å². The Kier molecular flexibility index (Phi) is 21.4. The van der Waals surface area contributed by atoms with Gasteiger partial charge in [0.2, 0.25) is 12.4 Å². The second kappa shape index (κ2) is 24.6. The van der Waals surface area contributed by atoms with Crippen molar-refractivity contribution in [3.63, 3.8) is 0 Å². The third-order valence-electron chi connectivity index (χ3n) is 9.52. The molecular formula is C44H70O19. The molecule has 2 aliphatic heterocycles. The van der Waals surface area contributed by atoms with Gasteiger partial charge >= 0.3 is 47.8 Å². The molecule has 0 bridgehead atoms. The Morgan fingerprint density at radius 1 is 0.317 bits per heavy atom. The number of ether oxygens (including phenoxy) is 11. The standard InChI is InChI=1S/C44H70O19/c1-19(2)35(45)53-17-27-29(57-37(47)21(5)6)31(58-38(48)22(7)8)33(60-40(50)24(11)12)43(55-27)62-30-28(18-54-36(46)20(3)4)56-44(63-42(52)26(15)16)34(61-41(51)25(13)14)32(30)59-39(49)23(9)10/h19-34,43-44H,17-18H2,1-16H3. The van der Waals surface area contributed by atoms with Crippen molar-refractivity contribution in [1.29, 1.82) is 0 Å². The smallest absolute Gasteiger partial charge is 0.310 e. The maximum absolute atomic E-state index is 13.6. The number of hydrogen-bond acceptors (Lipinski definition) is 19. The molecule has 2 aliphatic rings. The Morgan fingerprint density at radius 2 is 0.571 bits per heavy atom. The molecule has 0 radical (unpaired) electrons. The predicted octanol–water partition coefficient (Wildman–Crippen LogP) is 4.26. The van der Waals surface area contributed by atoms with Gasteiger partial charge in [0.1, 0.15) is 31.5 Å². The summed E-state index contributed by atoms with van der Waals surface area (Å²) in [6.07, 6.45) is -16.9. The fraction of sp³-hybridized carbons (Fsp3) is 0.818. The Bertz CT molecular complexity index is 1580. The van der Waals surface area contributed by atoms with Gasteiger partial charge in [-0.3, -0.25) is 38.4 Å². The molecule has 2 fully saturated rings. The second-order valence-corrected chi connectivity index (χ2v) is 18.1. The van der Waals surface area contributed by atoms with Crippen LogP contribution >= 0.6 is 0 Å². The Hall–Kier alpha value is -4.36. The number of carbonyl (C=O) groups excluding carboxylic acids is 8. The lowest BCUT2D eigenvalue weighted by Gasteiger charge is -2.49. The molecule has 10 unspecified atom stereocenters. The van der Waals surface area contributed by atoms with Gasteiger partial charge in [0, 0.05) is 0 Å². The molecule has 19 nitrogen and oxygen atoms in total. The van der Waals surface area contributed by atoms with Gasteiger partial charge in [-0.25, -0.2) is 0 Å². The zero-order chi connectivity index (χ0) is 48.2. The minimum Gasteiger partial charge on any atom is -0.463 e. The first-order valence-corrected chi connectivity index (χ1v) is 21.7. The van der Waals surface area contributed by atoms with Gasteiger partial charge in [-0.05, 0) is 0 Å². The highest BCUT2D eigenvalue weighted by Crippen LogP contribution is 2.37. The average Bonchev–Trinajstić information content (AvgIpc) is 3.19. The molecule has 0 aliphatic carbocycles. The fourth-order valence-corrected chi connectivity index (χ4v) is 5.47. The molecule has 10 atom stereocenters. The Balaban J connectivity index is 3.04. The first kappa shape index (κ1) is 54.8. The van der Waals surface area contributed by atoms with Crippen LogP contribution in [-0.2, 0) is 90.5 Å².